The van der Waals surface area contributed by atoms with Gasteiger partial charge in [0.25, 0.3) is 10.0 Å². The van der Waals surface area contributed by atoms with Crippen LogP contribution in [0.2, 0.25) is 0 Å². The van der Waals surface area contributed by atoms with Crippen molar-refractivity contribution in [3.05, 3.63) is 69.9 Å². The molecular weight excluding hydrogens is 442 g/mol. The van der Waals surface area contributed by atoms with Crippen LogP contribution in [-0.4, -0.2) is 26.9 Å². The molecule has 0 bridgehead atoms. The van der Waals surface area contributed by atoms with E-state index in [0.29, 0.717) is 12.1 Å². The molecule has 0 saturated carbocycles. The quantitative estimate of drug-likeness (QED) is 0.617. The van der Waals surface area contributed by atoms with Gasteiger partial charge < -0.3 is 9.80 Å². The van der Waals surface area contributed by atoms with E-state index in [1.54, 1.807) is 34.4 Å². The average molecular weight is 468 g/mol. The van der Waals surface area contributed by atoms with Crippen molar-refractivity contribution in [1.82, 2.24) is 0 Å². The molecule has 0 fully saturated rings. The summed E-state index contributed by atoms with van der Waals surface area (Å²) in [6.45, 7) is 5.13. The van der Waals surface area contributed by atoms with Gasteiger partial charge in [0.05, 0.1) is 16.3 Å². The van der Waals surface area contributed by atoms with Gasteiger partial charge in [0.2, 0.25) is 5.91 Å². The van der Waals surface area contributed by atoms with Crippen molar-refractivity contribution in [2.24, 2.45) is 0 Å². The van der Waals surface area contributed by atoms with Crippen LogP contribution < -0.4 is 14.5 Å². The maximum atomic E-state index is 13.3. The van der Waals surface area contributed by atoms with Gasteiger partial charge in [-0.05, 0) is 72.7 Å². The number of nitrogens with one attached hydrogen (secondary N) is 1. The topological polar surface area (TPSA) is 69.7 Å². The number of carbonyl (C=O) groups excluding carboxylic acids is 1. The van der Waals surface area contributed by atoms with Crippen molar-refractivity contribution in [2.75, 3.05) is 21.1 Å². The molecule has 0 aliphatic carbocycles. The smallest absolute Gasteiger partial charge is 0.261 e. The largest absolute Gasteiger partial charge is 0.365 e. The lowest BCUT2D eigenvalue weighted by Gasteiger charge is -2.30. The number of carbonyl (C=O) groups is 1. The Labute approximate surface area is 192 Å². The number of para-hydroxylation sites is 2. The van der Waals surface area contributed by atoms with Crippen LogP contribution in [0, 0.1) is 0 Å². The summed E-state index contributed by atoms with van der Waals surface area (Å²) in [4.78, 5) is 17.6. The Morgan fingerprint density at radius 2 is 1.91 bits per heavy atom. The molecule has 2 aliphatic rings. The van der Waals surface area contributed by atoms with Crippen LogP contribution in [0.25, 0.3) is 0 Å². The van der Waals surface area contributed by atoms with Crippen molar-refractivity contribution in [1.29, 1.82) is 0 Å². The highest BCUT2D eigenvalue weighted by atomic mass is 32.2. The number of sulfonamides is 1. The van der Waals surface area contributed by atoms with E-state index in [-0.39, 0.29) is 16.8 Å². The molecule has 6 nitrogen and oxygen atoms in total. The van der Waals surface area contributed by atoms with Gasteiger partial charge >= 0.3 is 0 Å². The second kappa shape index (κ2) is 7.94. The first-order valence-electron chi connectivity index (χ1n) is 10.7. The summed E-state index contributed by atoms with van der Waals surface area (Å²) in [6.07, 6.45) is 1.61. The van der Waals surface area contributed by atoms with E-state index in [1.165, 1.54) is 17.4 Å². The highest BCUT2D eigenvalue weighted by Gasteiger charge is 2.30. The van der Waals surface area contributed by atoms with Gasteiger partial charge in [0.15, 0.2) is 0 Å². The molecule has 1 aromatic heterocycles. The van der Waals surface area contributed by atoms with Gasteiger partial charge in [0.1, 0.15) is 0 Å². The number of hydrogen-bond donors (Lipinski definition) is 1. The van der Waals surface area contributed by atoms with E-state index in [0.717, 1.165) is 36.4 Å². The first-order valence-corrected chi connectivity index (χ1v) is 13.0. The summed E-state index contributed by atoms with van der Waals surface area (Å²) in [5.74, 6) is -0.0331. The molecule has 0 saturated heterocycles. The number of amides is 1. The molecule has 166 valence electrons. The normalized spacial score (nSPS) is 17.8. The molecule has 8 heteroatoms. The molecule has 32 heavy (non-hydrogen) atoms. The average Bonchev–Trinajstić information content (AvgIpc) is 3.35. The second-order valence-corrected chi connectivity index (χ2v) is 11.1. The molecule has 3 heterocycles. The van der Waals surface area contributed by atoms with Crippen LogP contribution in [0.5, 0.6) is 0 Å². The SMILES string of the molecule is CC(=O)N1c2ccc(S(=O)(=O)Nc3ccccc3N3CCc4sccc4C3)cc2C[C@H]1C. The van der Waals surface area contributed by atoms with Crippen LogP contribution in [0.3, 0.4) is 0 Å². The zero-order valence-corrected chi connectivity index (χ0v) is 19.7. The van der Waals surface area contributed by atoms with Gasteiger partial charge in [-0.3, -0.25) is 9.52 Å². The summed E-state index contributed by atoms with van der Waals surface area (Å²) >= 11 is 1.78. The molecule has 0 radical (unpaired) electrons. The zero-order valence-electron chi connectivity index (χ0n) is 18.0. The summed E-state index contributed by atoms with van der Waals surface area (Å²) in [5, 5.41) is 2.12. The van der Waals surface area contributed by atoms with Crippen LogP contribution >= 0.6 is 11.3 Å². The van der Waals surface area contributed by atoms with E-state index in [2.05, 4.69) is 21.1 Å². The van der Waals surface area contributed by atoms with Crippen molar-refractivity contribution < 1.29 is 13.2 Å². The number of anilines is 3. The van der Waals surface area contributed by atoms with E-state index < -0.39 is 10.0 Å². The third-order valence-electron chi connectivity index (χ3n) is 6.21. The highest BCUT2D eigenvalue weighted by molar-refractivity contribution is 7.92. The molecule has 5 rings (SSSR count). The molecule has 1 amide bonds. The van der Waals surface area contributed by atoms with Crippen molar-refractivity contribution >= 4 is 44.3 Å². The Hall–Kier alpha value is -2.84. The molecule has 2 aliphatic heterocycles. The van der Waals surface area contributed by atoms with E-state index in [4.69, 9.17) is 0 Å². The van der Waals surface area contributed by atoms with E-state index in [9.17, 15) is 13.2 Å². The Morgan fingerprint density at radius 1 is 1.09 bits per heavy atom. The highest BCUT2D eigenvalue weighted by Crippen LogP contribution is 2.36. The third kappa shape index (κ3) is 3.67. The van der Waals surface area contributed by atoms with E-state index >= 15 is 0 Å². The maximum Gasteiger partial charge on any atom is 0.261 e. The Morgan fingerprint density at radius 3 is 2.72 bits per heavy atom. The fraction of sp³-hybridized carbons (Fsp3) is 0.292. The molecule has 3 aromatic rings. The second-order valence-electron chi connectivity index (χ2n) is 8.40. The number of nitrogens with zero attached hydrogens (tertiary/aromatic N) is 2. The number of benzene rings is 2. The van der Waals surface area contributed by atoms with Crippen molar-refractivity contribution in [3.8, 4) is 0 Å². The van der Waals surface area contributed by atoms with Crippen LogP contribution in [-0.2, 0) is 34.2 Å². The zero-order chi connectivity index (χ0) is 22.5. The third-order valence-corrected chi connectivity index (χ3v) is 8.60. The predicted molar refractivity (Wildman–Crippen MR) is 129 cm³/mol. The summed E-state index contributed by atoms with van der Waals surface area (Å²) in [6, 6.07) is 14.7. The summed E-state index contributed by atoms with van der Waals surface area (Å²) in [7, 11) is -3.78. The van der Waals surface area contributed by atoms with Gasteiger partial charge in [-0.1, -0.05) is 12.1 Å². The monoisotopic (exact) mass is 467 g/mol. The summed E-state index contributed by atoms with van der Waals surface area (Å²) in [5.41, 5.74) is 4.44. The number of hydrogen-bond acceptors (Lipinski definition) is 5. The number of rotatable bonds is 4. The van der Waals surface area contributed by atoms with Gasteiger partial charge in [-0.2, -0.15) is 0 Å². The maximum absolute atomic E-state index is 13.3. The Balaban J connectivity index is 1.43. The molecule has 2 aromatic carbocycles. The Bertz CT molecular complexity index is 1300. The molecule has 0 spiro atoms. The molecule has 0 unspecified atom stereocenters. The number of fused-ring (bicyclic) bond motifs is 2. The molecule has 1 N–H and O–H groups in total. The predicted octanol–water partition coefficient (Wildman–Crippen LogP) is 4.41. The standard InChI is InChI=1S/C24H25N3O3S2/c1-16-13-19-14-20(7-8-22(19)27(16)17(2)28)32(29,30)25-21-5-3-4-6-23(21)26-11-9-24-18(15-26)10-12-31-24/h3-8,10,12,14,16,25H,9,11,13,15H2,1-2H3/t16-/m1/s1. The lowest BCUT2D eigenvalue weighted by Crippen LogP contribution is -2.33. The minimum atomic E-state index is -3.78. The van der Waals surface area contributed by atoms with Crippen LogP contribution in [0.4, 0.5) is 17.1 Å². The van der Waals surface area contributed by atoms with Crippen LogP contribution in [0.15, 0.2) is 58.8 Å². The fourth-order valence-electron chi connectivity index (χ4n) is 4.75. The minimum absolute atomic E-state index is 0.0234. The first kappa shape index (κ1) is 21.0. The van der Waals surface area contributed by atoms with Gasteiger partial charge in [-0.25, -0.2) is 8.42 Å². The van der Waals surface area contributed by atoms with Gasteiger partial charge in [-0.15, -0.1) is 11.3 Å². The first-order chi connectivity index (χ1) is 15.3. The Kier molecular flexibility index (Phi) is 5.22. The number of thiophene rings is 1. The van der Waals surface area contributed by atoms with Crippen LogP contribution in [0.1, 0.15) is 29.9 Å². The lowest BCUT2D eigenvalue weighted by atomic mass is 10.1. The van der Waals surface area contributed by atoms with Crippen molar-refractivity contribution in [2.45, 2.75) is 44.2 Å². The minimum Gasteiger partial charge on any atom is -0.365 e. The fourth-order valence-corrected chi connectivity index (χ4v) is 6.76. The molecular formula is C24H25N3O3S2. The van der Waals surface area contributed by atoms with Gasteiger partial charge in [0, 0.05) is 36.6 Å². The van der Waals surface area contributed by atoms with Crippen molar-refractivity contribution in [3.63, 3.8) is 0 Å². The lowest BCUT2D eigenvalue weighted by molar-refractivity contribution is -0.116. The summed E-state index contributed by atoms with van der Waals surface area (Å²) < 4.78 is 29.4. The van der Waals surface area contributed by atoms with E-state index in [1.807, 2.05) is 31.2 Å². The molecule has 1 atom stereocenters.